The zero-order valence-electron chi connectivity index (χ0n) is 16.6. The Morgan fingerprint density at radius 2 is 1.67 bits per heavy atom. The first kappa shape index (κ1) is 18.1. The average molecular weight is 366 g/mol. The number of nitrogens with one attached hydrogen (secondary N) is 1. The van der Waals surface area contributed by atoms with Crippen molar-refractivity contribution >= 4 is 23.1 Å². The molecular weight excluding hydrogens is 334 g/mol. The third kappa shape index (κ3) is 4.52. The van der Waals surface area contributed by atoms with Crippen molar-refractivity contribution in [3.8, 4) is 0 Å². The average Bonchev–Trinajstić information content (AvgIpc) is 2.69. The van der Waals surface area contributed by atoms with Crippen LogP contribution in [0.3, 0.4) is 0 Å². The van der Waals surface area contributed by atoms with Crippen molar-refractivity contribution in [1.29, 1.82) is 0 Å². The molecule has 3 heterocycles. The summed E-state index contributed by atoms with van der Waals surface area (Å²) < 4.78 is 0. The lowest BCUT2D eigenvalue weighted by atomic mass is 10.0. The second-order valence-corrected chi connectivity index (χ2v) is 8.11. The normalized spacial score (nSPS) is 20.6. The Morgan fingerprint density at radius 3 is 2.41 bits per heavy atom. The molecule has 1 aromatic heterocycles. The molecule has 0 amide bonds. The predicted octanol–water partition coefficient (Wildman–Crippen LogP) is 4.76. The van der Waals surface area contributed by atoms with E-state index in [0.29, 0.717) is 5.92 Å². The maximum Gasteiger partial charge on any atom is 0.227 e. The number of anilines is 4. The molecule has 5 heteroatoms. The third-order valence-corrected chi connectivity index (χ3v) is 5.64. The molecule has 0 saturated carbocycles. The number of aryl methyl sites for hydroxylation is 1. The molecule has 0 radical (unpaired) electrons. The Kier molecular flexibility index (Phi) is 5.46. The molecule has 4 rings (SSSR count). The SMILES string of the molecule is Cc1cc(Nc2ccc(N3CCCCC3)cc2)nc(N2CCCC(C)C2)n1. The summed E-state index contributed by atoms with van der Waals surface area (Å²) in [6.45, 7) is 8.81. The summed E-state index contributed by atoms with van der Waals surface area (Å²) in [4.78, 5) is 14.3. The smallest absolute Gasteiger partial charge is 0.227 e. The maximum atomic E-state index is 4.79. The van der Waals surface area contributed by atoms with E-state index >= 15 is 0 Å². The van der Waals surface area contributed by atoms with Gasteiger partial charge in [0.1, 0.15) is 5.82 Å². The van der Waals surface area contributed by atoms with Crippen LogP contribution in [0.5, 0.6) is 0 Å². The van der Waals surface area contributed by atoms with Gasteiger partial charge in [0.15, 0.2) is 0 Å². The summed E-state index contributed by atoms with van der Waals surface area (Å²) in [5, 5.41) is 3.47. The quantitative estimate of drug-likeness (QED) is 0.847. The van der Waals surface area contributed by atoms with Crippen LogP contribution in [-0.2, 0) is 0 Å². The van der Waals surface area contributed by atoms with Crippen LogP contribution in [-0.4, -0.2) is 36.1 Å². The first-order valence-electron chi connectivity index (χ1n) is 10.4. The van der Waals surface area contributed by atoms with Crippen LogP contribution in [0.4, 0.5) is 23.1 Å². The van der Waals surface area contributed by atoms with Crippen LogP contribution in [0.15, 0.2) is 30.3 Å². The molecule has 0 spiro atoms. The van der Waals surface area contributed by atoms with Gasteiger partial charge < -0.3 is 15.1 Å². The van der Waals surface area contributed by atoms with Crippen molar-refractivity contribution in [1.82, 2.24) is 9.97 Å². The fraction of sp³-hybridized carbons (Fsp3) is 0.545. The molecule has 2 saturated heterocycles. The first-order chi connectivity index (χ1) is 13.2. The second-order valence-electron chi connectivity index (χ2n) is 8.11. The molecule has 27 heavy (non-hydrogen) atoms. The number of hydrogen-bond acceptors (Lipinski definition) is 5. The Bertz CT molecular complexity index is 752. The van der Waals surface area contributed by atoms with E-state index in [2.05, 4.69) is 51.3 Å². The zero-order valence-corrected chi connectivity index (χ0v) is 16.6. The van der Waals surface area contributed by atoms with Crippen LogP contribution in [0.2, 0.25) is 0 Å². The lowest BCUT2D eigenvalue weighted by Crippen LogP contribution is -2.35. The van der Waals surface area contributed by atoms with E-state index in [0.717, 1.165) is 36.2 Å². The molecule has 2 aliphatic rings. The monoisotopic (exact) mass is 365 g/mol. The van der Waals surface area contributed by atoms with Gasteiger partial charge in [0.05, 0.1) is 0 Å². The lowest BCUT2D eigenvalue weighted by Gasteiger charge is -2.31. The van der Waals surface area contributed by atoms with E-state index in [9.17, 15) is 0 Å². The number of piperidine rings is 2. The minimum Gasteiger partial charge on any atom is -0.372 e. The highest BCUT2D eigenvalue weighted by molar-refractivity contribution is 5.62. The molecule has 2 aromatic rings. The van der Waals surface area contributed by atoms with Crippen LogP contribution < -0.4 is 15.1 Å². The summed E-state index contributed by atoms with van der Waals surface area (Å²) in [5.74, 6) is 2.44. The number of hydrogen-bond donors (Lipinski definition) is 1. The summed E-state index contributed by atoms with van der Waals surface area (Å²) in [5.41, 5.74) is 3.40. The molecular formula is C22H31N5. The summed E-state index contributed by atoms with van der Waals surface area (Å²) >= 11 is 0. The van der Waals surface area contributed by atoms with E-state index in [-0.39, 0.29) is 0 Å². The van der Waals surface area contributed by atoms with Gasteiger partial charge in [-0.2, -0.15) is 4.98 Å². The van der Waals surface area contributed by atoms with Crippen LogP contribution in [0, 0.1) is 12.8 Å². The molecule has 5 nitrogen and oxygen atoms in total. The Hall–Kier alpha value is -2.30. The fourth-order valence-corrected chi connectivity index (χ4v) is 4.18. The predicted molar refractivity (Wildman–Crippen MR) is 113 cm³/mol. The van der Waals surface area contributed by atoms with Crippen molar-refractivity contribution in [3.63, 3.8) is 0 Å². The van der Waals surface area contributed by atoms with Crippen molar-refractivity contribution in [2.24, 2.45) is 5.92 Å². The molecule has 2 fully saturated rings. The van der Waals surface area contributed by atoms with E-state index in [4.69, 9.17) is 4.98 Å². The molecule has 0 bridgehead atoms. The van der Waals surface area contributed by atoms with Gasteiger partial charge >= 0.3 is 0 Å². The van der Waals surface area contributed by atoms with Gasteiger partial charge in [-0.05, 0) is 69.2 Å². The van der Waals surface area contributed by atoms with E-state index in [1.807, 2.05) is 13.0 Å². The van der Waals surface area contributed by atoms with Gasteiger partial charge in [0.25, 0.3) is 0 Å². The minimum atomic E-state index is 0.710. The standard InChI is InChI=1S/C22H31N5/c1-17-7-6-14-27(16-17)22-23-18(2)15-21(25-22)24-19-8-10-20(11-9-19)26-12-4-3-5-13-26/h8-11,15,17H,3-7,12-14,16H2,1-2H3,(H,23,24,25). The number of benzene rings is 1. The van der Waals surface area contributed by atoms with Crippen molar-refractivity contribution < 1.29 is 0 Å². The first-order valence-corrected chi connectivity index (χ1v) is 10.4. The second kappa shape index (κ2) is 8.15. The zero-order chi connectivity index (χ0) is 18.6. The highest BCUT2D eigenvalue weighted by atomic mass is 15.3. The van der Waals surface area contributed by atoms with Crippen LogP contribution in [0.25, 0.3) is 0 Å². The third-order valence-electron chi connectivity index (χ3n) is 5.64. The maximum absolute atomic E-state index is 4.79. The van der Waals surface area contributed by atoms with Gasteiger partial charge in [0.2, 0.25) is 5.95 Å². The van der Waals surface area contributed by atoms with Crippen molar-refractivity contribution in [2.75, 3.05) is 41.3 Å². The largest absolute Gasteiger partial charge is 0.372 e. The van der Waals surface area contributed by atoms with Crippen LogP contribution in [0.1, 0.15) is 44.7 Å². The number of nitrogens with zero attached hydrogens (tertiary/aromatic N) is 4. The Balaban J connectivity index is 1.47. The van der Waals surface area contributed by atoms with Crippen molar-refractivity contribution in [2.45, 2.75) is 46.0 Å². The molecule has 1 atom stereocenters. The van der Waals surface area contributed by atoms with Gasteiger partial charge in [-0.1, -0.05) is 6.92 Å². The summed E-state index contributed by atoms with van der Waals surface area (Å²) in [6.07, 6.45) is 6.49. The Labute approximate surface area is 162 Å². The van der Waals surface area contributed by atoms with Gasteiger partial charge in [0, 0.05) is 49.3 Å². The van der Waals surface area contributed by atoms with Gasteiger partial charge in [-0.15, -0.1) is 0 Å². The highest BCUT2D eigenvalue weighted by Gasteiger charge is 2.19. The topological polar surface area (TPSA) is 44.3 Å². The summed E-state index contributed by atoms with van der Waals surface area (Å²) in [6, 6.07) is 10.8. The molecule has 144 valence electrons. The fourth-order valence-electron chi connectivity index (χ4n) is 4.18. The minimum absolute atomic E-state index is 0.710. The molecule has 1 N–H and O–H groups in total. The molecule has 1 aromatic carbocycles. The van der Waals surface area contributed by atoms with E-state index < -0.39 is 0 Å². The van der Waals surface area contributed by atoms with E-state index in [1.54, 1.807) is 0 Å². The molecule has 0 aliphatic carbocycles. The molecule has 2 aliphatic heterocycles. The van der Waals surface area contributed by atoms with Crippen molar-refractivity contribution in [3.05, 3.63) is 36.0 Å². The van der Waals surface area contributed by atoms with E-state index in [1.165, 1.54) is 50.9 Å². The number of rotatable bonds is 4. The van der Waals surface area contributed by atoms with Gasteiger partial charge in [-0.3, -0.25) is 0 Å². The number of aromatic nitrogens is 2. The highest BCUT2D eigenvalue weighted by Crippen LogP contribution is 2.25. The van der Waals surface area contributed by atoms with Crippen LogP contribution >= 0.6 is 0 Å². The van der Waals surface area contributed by atoms with Gasteiger partial charge in [-0.25, -0.2) is 4.98 Å². The molecule has 1 unspecified atom stereocenters. The summed E-state index contributed by atoms with van der Waals surface area (Å²) in [7, 11) is 0. The Morgan fingerprint density at radius 1 is 0.926 bits per heavy atom. The lowest BCUT2D eigenvalue weighted by molar-refractivity contribution is 0.442.